The van der Waals surface area contributed by atoms with Gasteiger partial charge in [0.15, 0.2) is 0 Å². The van der Waals surface area contributed by atoms with Gasteiger partial charge in [0.05, 0.1) is 19.1 Å². The lowest BCUT2D eigenvalue weighted by Gasteiger charge is -2.23. The van der Waals surface area contributed by atoms with E-state index in [1.807, 2.05) is 18.2 Å². The minimum atomic E-state index is -0.897. The lowest BCUT2D eigenvalue weighted by atomic mass is 9.96. The fraction of sp³-hybridized carbons (Fsp3) is 0.556. The van der Waals surface area contributed by atoms with E-state index >= 15 is 0 Å². The van der Waals surface area contributed by atoms with Crippen LogP contribution in [0, 0.1) is 0 Å². The second kappa shape index (κ2) is 7.32. The number of hydrogen-bond donors (Lipinski definition) is 1. The van der Waals surface area contributed by atoms with E-state index in [-0.39, 0.29) is 24.5 Å². The van der Waals surface area contributed by atoms with Crippen LogP contribution < -0.4 is 0 Å². The van der Waals surface area contributed by atoms with Crippen LogP contribution >= 0.6 is 0 Å². The summed E-state index contributed by atoms with van der Waals surface area (Å²) in [6.07, 6.45) is 1.37. The number of carbonyl (C=O) groups excluding carboxylic acids is 1. The average Bonchev–Trinajstić information content (AvgIpc) is 3.23. The highest BCUT2D eigenvalue weighted by atomic mass is 16.5. The zero-order chi connectivity index (χ0) is 17.1. The van der Waals surface area contributed by atoms with Gasteiger partial charge in [-0.2, -0.15) is 0 Å². The highest BCUT2D eigenvalue weighted by molar-refractivity contribution is 5.95. The largest absolute Gasteiger partial charge is 0.481 e. The topological polar surface area (TPSA) is 76.1 Å². The summed E-state index contributed by atoms with van der Waals surface area (Å²) in [4.78, 5) is 25.6. The first-order valence-electron chi connectivity index (χ1n) is 8.31. The fourth-order valence-corrected chi connectivity index (χ4v) is 3.58. The van der Waals surface area contributed by atoms with Crippen molar-refractivity contribution >= 4 is 11.9 Å². The number of methoxy groups -OCH3 is 1. The number of nitrogens with zero attached hydrogens (tertiary/aromatic N) is 1. The Hall–Kier alpha value is -1.92. The summed E-state index contributed by atoms with van der Waals surface area (Å²) < 4.78 is 10.8. The monoisotopic (exact) mass is 333 g/mol. The van der Waals surface area contributed by atoms with Crippen LogP contribution in [0.3, 0.4) is 0 Å². The maximum atomic E-state index is 12.9. The summed E-state index contributed by atoms with van der Waals surface area (Å²) >= 11 is 0. The van der Waals surface area contributed by atoms with Gasteiger partial charge in [-0.3, -0.25) is 9.59 Å². The van der Waals surface area contributed by atoms with Gasteiger partial charge in [0.25, 0.3) is 5.91 Å². The molecule has 1 N–H and O–H groups in total. The summed E-state index contributed by atoms with van der Waals surface area (Å²) in [6, 6.07) is 7.29. The Bertz CT molecular complexity index is 611. The predicted molar refractivity (Wildman–Crippen MR) is 87.1 cm³/mol. The average molecular weight is 333 g/mol. The standard InChI is InChI=1S/C18H23NO5/c1-23-16-8-15(9-17(20)21)19(10-16)18(22)13-4-2-3-12(7-13)14-5-6-24-11-14/h2-4,7,14-16H,5-6,8-11H2,1H3,(H,20,21). The van der Waals surface area contributed by atoms with Crippen molar-refractivity contribution in [3.05, 3.63) is 35.4 Å². The molecule has 130 valence electrons. The number of ether oxygens (including phenoxy) is 2. The molecule has 6 heteroatoms. The Morgan fingerprint density at radius 2 is 2.25 bits per heavy atom. The molecule has 0 bridgehead atoms. The van der Waals surface area contributed by atoms with E-state index in [0.717, 1.165) is 18.6 Å². The molecule has 2 saturated heterocycles. The zero-order valence-electron chi connectivity index (χ0n) is 13.8. The van der Waals surface area contributed by atoms with Crippen LogP contribution in [0.25, 0.3) is 0 Å². The molecule has 2 aliphatic heterocycles. The van der Waals surface area contributed by atoms with Crippen LogP contribution in [0.4, 0.5) is 0 Å². The summed E-state index contributed by atoms with van der Waals surface area (Å²) in [5.74, 6) is -0.689. The number of benzene rings is 1. The van der Waals surface area contributed by atoms with Gasteiger partial charge in [0.2, 0.25) is 0 Å². The first-order valence-corrected chi connectivity index (χ1v) is 8.31. The number of carboxylic acids is 1. The minimum Gasteiger partial charge on any atom is -0.481 e. The van der Waals surface area contributed by atoms with Crippen molar-refractivity contribution in [1.29, 1.82) is 0 Å². The summed E-state index contributed by atoms with van der Waals surface area (Å²) in [7, 11) is 1.59. The highest BCUT2D eigenvalue weighted by Crippen LogP contribution is 2.28. The molecule has 3 rings (SSSR count). The second-order valence-electron chi connectivity index (χ2n) is 6.49. The maximum Gasteiger partial charge on any atom is 0.305 e. The van der Waals surface area contributed by atoms with Gasteiger partial charge in [0.1, 0.15) is 0 Å². The quantitative estimate of drug-likeness (QED) is 0.890. The Morgan fingerprint density at radius 3 is 2.92 bits per heavy atom. The first-order chi connectivity index (χ1) is 11.6. The van der Waals surface area contributed by atoms with Gasteiger partial charge >= 0.3 is 5.97 Å². The summed E-state index contributed by atoms with van der Waals surface area (Å²) in [5.41, 5.74) is 1.71. The number of hydrogen-bond acceptors (Lipinski definition) is 4. The first kappa shape index (κ1) is 16.9. The molecule has 6 nitrogen and oxygen atoms in total. The molecular formula is C18H23NO5. The third-order valence-corrected chi connectivity index (χ3v) is 4.92. The van der Waals surface area contributed by atoms with Crippen molar-refractivity contribution in [2.75, 3.05) is 26.9 Å². The smallest absolute Gasteiger partial charge is 0.305 e. The Balaban J connectivity index is 1.79. The van der Waals surface area contributed by atoms with Crippen molar-refractivity contribution in [3.8, 4) is 0 Å². The Kier molecular flexibility index (Phi) is 5.16. The van der Waals surface area contributed by atoms with E-state index in [1.54, 1.807) is 18.1 Å². The van der Waals surface area contributed by atoms with Gasteiger partial charge in [0, 0.05) is 37.8 Å². The van der Waals surface area contributed by atoms with E-state index < -0.39 is 5.97 Å². The molecule has 2 heterocycles. The molecule has 0 aliphatic carbocycles. The van der Waals surface area contributed by atoms with Crippen molar-refractivity contribution in [2.45, 2.75) is 37.3 Å². The Morgan fingerprint density at radius 1 is 1.42 bits per heavy atom. The van der Waals surface area contributed by atoms with E-state index in [0.29, 0.717) is 31.1 Å². The minimum absolute atomic E-state index is 0.0538. The van der Waals surface area contributed by atoms with Gasteiger partial charge < -0.3 is 19.5 Å². The van der Waals surface area contributed by atoms with Crippen molar-refractivity contribution in [1.82, 2.24) is 4.90 Å². The molecule has 3 atom stereocenters. The van der Waals surface area contributed by atoms with Crippen LogP contribution in [0.1, 0.15) is 41.1 Å². The summed E-state index contributed by atoms with van der Waals surface area (Å²) in [5, 5.41) is 9.10. The molecular weight excluding hydrogens is 310 g/mol. The molecule has 2 fully saturated rings. The van der Waals surface area contributed by atoms with Gasteiger partial charge in [-0.15, -0.1) is 0 Å². The van der Waals surface area contributed by atoms with Crippen LogP contribution in [0.5, 0.6) is 0 Å². The number of likely N-dealkylation sites (tertiary alicyclic amines) is 1. The van der Waals surface area contributed by atoms with E-state index in [2.05, 4.69) is 0 Å². The lowest BCUT2D eigenvalue weighted by Crippen LogP contribution is -2.37. The van der Waals surface area contributed by atoms with Crippen molar-refractivity contribution in [2.24, 2.45) is 0 Å². The maximum absolute atomic E-state index is 12.9. The molecule has 1 aromatic rings. The van der Waals surface area contributed by atoms with Gasteiger partial charge in [-0.05, 0) is 30.5 Å². The SMILES string of the molecule is COC1CC(CC(=O)O)N(C(=O)c2cccc(C3CCOC3)c2)C1. The lowest BCUT2D eigenvalue weighted by molar-refractivity contribution is -0.137. The normalized spacial score (nSPS) is 26.7. The number of aliphatic carboxylic acids is 1. The third-order valence-electron chi connectivity index (χ3n) is 4.92. The third kappa shape index (κ3) is 3.60. The fourth-order valence-electron chi connectivity index (χ4n) is 3.58. The second-order valence-corrected chi connectivity index (χ2v) is 6.49. The molecule has 0 spiro atoms. The molecule has 24 heavy (non-hydrogen) atoms. The molecule has 0 radical (unpaired) electrons. The molecule has 0 saturated carbocycles. The molecule has 2 aliphatic rings. The number of carboxylic acid groups (broad SMARTS) is 1. The molecule has 1 aromatic carbocycles. The van der Waals surface area contributed by atoms with Crippen molar-refractivity contribution < 1.29 is 24.2 Å². The van der Waals surface area contributed by atoms with Crippen LogP contribution in [0.15, 0.2) is 24.3 Å². The van der Waals surface area contributed by atoms with Crippen LogP contribution in [-0.2, 0) is 14.3 Å². The molecule has 1 amide bonds. The van der Waals surface area contributed by atoms with Crippen molar-refractivity contribution in [3.63, 3.8) is 0 Å². The number of amides is 1. The Labute approximate surface area is 141 Å². The van der Waals surface area contributed by atoms with Crippen LogP contribution in [0.2, 0.25) is 0 Å². The molecule has 3 unspecified atom stereocenters. The van der Waals surface area contributed by atoms with E-state index in [1.165, 1.54) is 0 Å². The van der Waals surface area contributed by atoms with E-state index in [9.17, 15) is 9.59 Å². The zero-order valence-corrected chi connectivity index (χ0v) is 13.8. The predicted octanol–water partition coefficient (Wildman–Crippen LogP) is 1.89. The number of rotatable bonds is 5. The van der Waals surface area contributed by atoms with Crippen LogP contribution in [-0.4, -0.2) is 60.9 Å². The van der Waals surface area contributed by atoms with E-state index in [4.69, 9.17) is 14.6 Å². The highest BCUT2D eigenvalue weighted by Gasteiger charge is 2.37. The number of carbonyl (C=O) groups is 2. The van der Waals surface area contributed by atoms with Gasteiger partial charge in [-0.25, -0.2) is 0 Å². The summed E-state index contributed by atoms with van der Waals surface area (Å²) in [6.45, 7) is 1.88. The molecule has 0 aromatic heterocycles. The van der Waals surface area contributed by atoms with Gasteiger partial charge in [-0.1, -0.05) is 12.1 Å².